The molecule has 0 unspecified atom stereocenters. The van der Waals surface area contributed by atoms with Gasteiger partial charge in [0.2, 0.25) is 0 Å². The Morgan fingerprint density at radius 3 is 3.00 bits per heavy atom. The molecule has 0 aromatic heterocycles. The van der Waals surface area contributed by atoms with E-state index in [0.717, 1.165) is 13.0 Å². The van der Waals surface area contributed by atoms with Crippen molar-refractivity contribution < 1.29 is 0 Å². The largest absolute Gasteiger partial charge is 0.391 e. The van der Waals surface area contributed by atoms with Gasteiger partial charge in [0.25, 0.3) is 0 Å². The van der Waals surface area contributed by atoms with Crippen LogP contribution in [0.25, 0.3) is 0 Å². The molecule has 0 aromatic carbocycles. The Morgan fingerprint density at radius 1 is 1.89 bits per heavy atom. The van der Waals surface area contributed by atoms with Gasteiger partial charge in [0.1, 0.15) is 0 Å². The smallest absolute Gasteiger partial charge is 0.0951 e. The van der Waals surface area contributed by atoms with Crippen LogP contribution in [0.2, 0.25) is 0 Å². The zero-order chi connectivity index (χ0) is 7.11. The van der Waals surface area contributed by atoms with Crippen molar-refractivity contribution in [3.05, 3.63) is 12.8 Å². The van der Waals surface area contributed by atoms with Gasteiger partial charge >= 0.3 is 0 Å². The van der Waals surface area contributed by atoms with Crippen LogP contribution in [0.1, 0.15) is 6.42 Å². The summed E-state index contributed by atoms with van der Waals surface area (Å²) in [5.41, 5.74) is 5.39. The fourth-order valence-corrected chi connectivity index (χ4v) is 0.414. The second kappa shape index (κ2) is 5.15. The molecule has 0 aliphatic carbocycles. The standard InChI is InChI=1S/C6H13N3/c1-3-9-5-4-6(7)8-2/h3,9H,1,4-5H2,2H3,(H2,7,8). The van der Waals surface area contributed by atoms with Crippen molar-refractivity contribution in [2.75, 3.05) is 13.6 Å². The van der Waals surface area contributed by atoms with Gasteiger partial charge < -0.3 is 11.1 Å². The number of hydrogen-bond donors (Lipinski definition) is 2. The van der Waals surface area contributed by atoms with Crippen LogP contribution in [0.5, 0.6) is 0 Å². The fourth-order valence-electron chi connectivity index (χ4n) is 0.414. The molecule has 9 heavy (non-hydrogen) atoms. The van der Waals surface area contributed by atoms with Gasteiger partial charge in [0.05, 0.1) is 5.84 Å². The van der Waals surface area contributed by atoms with E-state index < -0.39 is 0 Å². The van der Waals surface area contributed by atoms with Crippen LogP contribution in [-0.4, -0.2) is 19.4 Å². The summed E-state index contributed by atoms with van der Waals surface area (Å²) in [6.07, 6.45) is 2.42. The van der Waals surface area contributed by atoms with Crippen molar-refractivity contribution in [1.29, 1.82) is 0 Å². The zero-order valence-electron chi connectivity index (χ0n) is 5.72. The summed E-state index contributed by atoms with van der Waals surface area (Å²) in [5, 5.41) is 2.92. The molecule has 0 aliphatic heterocycles. The lowest BCUT2D eigenvalue weighted by atomic mass is 10.4. The molecule has 3 N–H and O–H groups in total. The van der Waals surface area contributed by atoms with Crippen LogP contribution < -0.4 is 11.1 Å². The molecule has 0 saturated heterocycles. The summed E-state index contributed by atoms with van der Waals surface area (Å²) in [7, 11) is 1.68. The van der Waals surface area contributed by atoms with E-state index in [-0.39, 0.29) is 0 Å². The molecule has 0 aromatic rings. The second-order valence-corrected chi connectivity index (χ2v) is 1.62. The van der Waals surface area contributed by atoms with Gasteiger partial charge in [-0.1, -0.05) is 6.58 Å². The first-order valence-electron chi connectivity index (χ1n) is 2.86. The molecule has 52 valence electrons. The number of rotatable bonds is 4. The van der Waals surface area contributed by atoms with Crippen molar-refractivity contribution in [2.45, 2.75) is 6.42 Å². The summed E-state index contributed by atoms with van der Waals surface area (Å²) in [6.45, 7) is 4.30. The quantitative estimate of drug-likeness (QED) is 0.319. The average Bonchev–Trinajstić information content (AvgIpc) is 1.89. The van der Waals surface area contributed by atoms with E-state index in [1.165, 1.54) is 0 Å². The molecule has 0 amide bonds. The van der Waals surface area contributed by atoms with E-state index in [9.17, 15) is 0 Å². The summed E-state index contributed by atoms with van der Waals surface area (Å²) < 4.78 is 0. The van der Waals surface area contributed by atoms with E-state index in [1.807, 2.05) is 0 Å². The number of amidine groups is 1. The Bertz CT molecular complexity index is 107. The van der Waals surface area contributed by atoms with Crippen LogP contribution in [0, 0.1) is 0 Å². The minimum atomic E-state index is 0.671. The molecule has 0 fully saturated rings. The van der Waals surface area contributed by atoms with E-state index in [1.54, 1.807) is 13.2 Å². The zero-order valence-corrected chi connectivity index (χ0v) is 5.72. The molecule has 0 saturated carbocycles. The van der Waals surface area contributed by atoms with E-state index in [0.29, 0.717) is 5.84 Å². The van der Waals surface area contributed by atoms with Gasteiger partial charge in [-0.15, -0.1) is 0 Å². The lowest BCUT2D eigenvalue weighted by Gasteiger charge is -1.97. The summed E-state index contributed by atoms with van der Waals surface area (Å²) in [5.74, 6) is 0.671. The highest BCUT2D eigenvalue weighted by molar-refractivity contribution is 5.80. The first-order valence-corrected chi connectivity index (χ1v) is 2.86. The maximum absolute atomic E-state index is 5.39. The summed E-state index contributed by atoms with van der Waals surface area (Å²) in [4.78, 5) is 3.78. The van der Waals surface area contributed by atoms with Crippen LogP contribution >= 0.6 is 0 Å². The van der Waals surface area contributed by atoms with E-state index in [2.05, 4.69) is 16.9 Å². The van der Waals surface area contributed by atoms with Crippen LogP contribution in [-0.2, 0) is 0 Å². The second-order valence-electron chi connectivity index (χ2n) is 1.62. The molecular formula is C6H13N3. The lowest BCUT2D eigenvalue weighted by molar-refractivity contribution is 0.868. The monoisotopic (exact) mass is 127 g/mol. The Labute approximate surface area is 55.7 Å². The maximum Gasteiger partial charge on any atom is 0.0951 e. The van der Waals surface area contributed by atoms with Gasteiger partial charge in [-0.3, -0.25) is 4.99 Å². The van der Waals surface area contributed by atoms with Crippen molar-refractivity contribution in [3.8, 4) is 0 Å². The molecular weight excluding hydrogens is 114 g/mol. The Hall–Kier alpha value is -0.990. The van der Waals surface area contributed by atoms with E-state index >= 15 is 0 Å². The lowest BCUT2D eigenvalue weighted by Crippen LogP contribution is -2.18. The van der Waals surface area contributed by atoms with Gasteiger partial charge in [0, 0.05) is 20.0 Å². The molecule has 0 aliphatic rings. The van der Waals surface area contributed by atoms with Crippen LogP contribution in [0.3, 0.4) is 0 Å². The Kier molecular flexibility index (Phi) is 4.59. The fraction of sp³-hybridized carbons (Fsp3) is 0.500. The maximum atomic E-state index is 5.39. The minimum absolute atomic E-state index is 0.671. The number of hydrogen-bond acceptors (Lipinski definition) is 2. The highest BCUT2D eigenvalue weighted by Crippen LogP contribution is 1.74. The van der Waals surface area contributed by atoms with Gasteiger partial charge in [-0.2, -0.15) is 0 Å². The number of aliphatic imine (C=N–C) groups is 1. The third-order valence-corrected chi connectivity index (χ3v) is 0.957. The number of nitrogens with one attached hydrogen (secondary N) is 1. The van der Waals surface area contributed by atoms with Crippen molar-refractivity contribution in [1.82, 2.24) is 5.32 Å². The molecule has 0 atom stereocenters. The molecule has 0 radical (unpaired) electrons. The van der Waals surface area contributed by atoms with Gasteiger partial charge in [-0.25, -0.2) is 0 Å². The van der Waals surface area contributed by atoms with E-state index in [4.69, 9.17) is 5.73 Å². The minimum Gasteiger partial charge on any atom is -0.391 e. The van der Waals surface area contributed by atoms with Crippen molar-refractivity contribution in [2.24, 2.45) is 10.7 Å². The summed E-state index contributed by atoms with van der Waals surface area (Å²) >= 11 is 0. The predicted octanol–water partition coefficient (Wildman–Crippen LogP) is 0.0966. The highest BCUT2D eigenvalue weighted by Gasteiger charge is 1.86. The molecule has 0 rings (SSSR count). The third kappa shape index (κ3) is 4.87. The van der Waals surface area contributed by atoms with Gasteiger partial charge in [0.15, 0.2) is 0 Å². The first-order chi connectivity index (χ1) is 4.31. The third-order valence-electron chi connectivity index (χ3n) is 0.957. The number of nitrogens with two attached hydrogens (primary N) is 1. The highest BCUT2D eigenvalue weighted by atomic mass is 14.9. The van der Waals surface area contributed by atoms with Crippen LogP contribution in [0.15, 0.2) is 17.8 Å². The van der Waals surface area contributed by atoms with Gasteiger partial charge in [-0.05, 0) is 6.20 Å². The van der Waals surface area contributed by atoms with Crippen molar-refractivity contribution in [3.63, 3.8) is 0 Å². The summed E-state index contributed by atoms with van der Waals surface area (Å²) in [6, 6.07) is 0. The predicted molar refractivity (Wildman–Crippen MR) is 40.4 cm³/mol. The Balaban J connectivity index is 3.17. The molecule has 3 heteroatoms. The van der Waals surface area contributed by atoms with Crippen LogP contribution in [0.4, 0.5) is 0 Å². The molecule has 0 spiro atoms. The normalized spacial score (nSPS) is 11.0. The average molecular weight is 127 g/mol. The number of nitrogens with zero attached hydrogens (tertiary/aromatic N) is 1. The first kappa shape index (κ1) is 8.01. The molecule has 3 nitrogen and oxygen atoms in total. The molecule has 0 heterocycles. The topological polar surface area (TPSA) is 50.4 Å². The SMILES string of the molecule is C=CNCC/C(N)=N\C. The van der Waals surface area contributed by atoms with Crippen molar-refractivity contribution >= 4 is 5.84 Å². The molecule has 0 bridgehead atoms. The Morgan fingerprint density at radius 2 is 2.56 bits per heavy atom.